The van der Waals surface area contributed by atoms with Gasteiger partial charge in [-0.15, -0.1) is 0 Å². The first-order chi connectivity index (χ1) is 11.7. The second-order valence-corrected chi connectivity index (χ2v) is 5.84. The molecule has 9 heteroatoms. The molecule has 5 nitrogen and oxygen atoms in total. The minimum absolute atomic E-state index is 0.0634. The maximum atomic E-state index is 13.5. The van der Waals surface area contributed by atoms with Crippen LogP contribution in [-0.4, -0.2) is 38.6 Å². The number of alkyl halides is 3. The lowest BCUT2D eigenvalue weighted by molar-refractivity contribution is -0.297. The Morgan fingerprint density at radius 2 is 1.92 bits per heavy atom. The predicted molar refractivity (Wildman–Crippen MR) is 84.0 cm³/mol. The molecule has 0 fully saturated rings. The molecule has 0 aliphatic carbocycles. The summed E-state index contributed by atoms with van der Waals surface area (Å²) >= 11 is 5.77. The molecule has 0 unspecified atom stereocenters. The summed E-state index contributed by atoms with van der Waals surface area (Å²) in [6.45, 7) is 0. The molecule has 2 heterocycles. The highest BCUT2D eigenvalue weighted by Gasteiger charge is 2.63. The highest BCUT2D eigenvalue weighted by Crippen LogP contribution is 2.42. The molecule has 1 aromatic carbocycles. The first kappa shape index (κ1) is 17.4. The molecule has 0 spiro atoms. The quantitative estimate of drug-likeness (QED) is 0.883. The van der Waals surface area contributed by atoms with Gasteiger partial charge in [0.1, 0.15) is 0 Å². The molecule has 1 aromatic heterocycles. The van der Waals surface area contributed by atoms with Crippen LogP contribution in [-0.2, 0) is 0 Å². The zero-order valence-electron chi connectivity index (χ0n) is 12.5. The van der Waals surface area contributed by atoms with E-state index in [9.17, 15) is 23.1 Å². The summed E-state index contributed by atoms with van der Waals surface area (Å²) in [5.41, 5.74) is -3.30. The second-order valence-electron chi connectivity index (χ2n) is 5.40. The van der Waals surface area contributed by atoms with Crippen LogP contribution in [0.1, 0.15) is 22.3 Å². The number of benzene rings is 1. The SMILES string of the molecule is O=C(c1cccnc1)N1N=C(c2ccc(Cl)cc2)C[C@]1(O)C(F)(F)F. The van der Waals surface area contributed by atoms with Gasteiger partial charge in [0, 0.05) is 17.4 Å². The van der Waals surface area contributed by atoms with Gasteiger partial charge < -0.3 is 5.11 Å². The summed E-state index contributed by atoms with van der Waals surface area (Å²) < 4.78 is 40.4. The Morgan fingerprint density at radius 1 is 1.24 bits per heavy atom. The zero-order chi connectivity index (χ0) is 18.2. The summed E-state index contributed by atoms with van der Waals surface area (Å²) in [6.07, 6.45) is -3.50. The van der Waals surface area contributed by atoms with Crippen LogP contribution < -0.4 is 0 Å². The number of amides is 1. The van der Waals surface area contributed by atoms with E-state index in [1.807, 2.05) is 0 Å². The highest BCUT2D eigenvalue weighted by atomic mass is 35.5. The number of aliphatic hydroxyl groups is 1. The fraction of sp³-hybridized carbons (Fsp3) is 0.188. The van der Waals surface area contributed by atoms with Gasteiger partial charge in [-0.25, -0.2) is 0 Å². The van der Waals surface area contributed by atoms with E-state index in [1.165, 1.54) is 42.6 Å². The van der Waals surface area contributed by atoms with E-state index in [4.69, 9.17) is 11.6 Å². The molecular formula is C16H11ClF3N3O2. The summed E-state index contributed by atoms with van der Waals surface area (Å²) in [5, 5.41) is 14.4. The Hall–Kier alpha value is -2.45. The molecule has 1 amide bonds. The number of halogens is 4. The number of carbonyl (C=O) groups is 1. The normalized spacial score (nSPS) is 20.5. The van der Waals surface area contributed by atoms with Crippen LogP contribution in [0.4, 0.5) is 13.2 Å². The Kier molecular flexibility index (Phi) is 4.26. The van der Waals surface area contributed by atoms with E-state index >= 15 is 0 Å². The molecule has 1 atom stereocenters. The number of carbonyl (C=O) groups excluding carboxylic acids is 1. The van der Waals surface area contributed by atoms with Crippen molar-refractivity contribution in [2.24, 2.45) is 5.10 Å². The molecule has 0 saturated carbocycles. The largest absolute Gasteiger partial charge is 0.438 e. The van der Waals surface area contributed by atoms with Crippen LogP contribution in [0.2, 0.25) is 5.02 Å². The molecule has 3 rings (SSSR count). The van der Waals surface area contributed by atoms with Crippen LogP contribution in [0.5, 0.6) is 0 Å². The van der Waals surface area contributed by atoms with Crippen LogP contribution in [0.3, 0.4) is 0 Å². The third kappa shape index (κ3) is 3.10. The van der Waals surface area contributed by atoms with Crippen LogP contribution in [0, 0.1) is 0 Å². The Labute approximate surface area is 145 Å². The molecule has 2 aromatic rings. The molecule has 0 bridgehead atoms. The van der Waals surface area contributed by atoms with Crippen LogP contribution in [0.15, 0.2) is 53.9 Å². The van der Waals surface area contributed by atoms with E-state index in [0.29, 0.717) is 10.6 Å². The fourth-order valence-corrected chi connectivity index (χ4v) is 2.52. The Bertz CT molecular complexity index is 825. The van der Waals surface area contributed by atoms with Crippen molar-refractivity contribution in [1.82, 2.24) is 9.99 Å². The number of rotatable bonds is 2. The highest BCUT2D eigenvalue weighted by molar-refractivity contribution is 6.30. The van der Waals surface area contributed by atoms with E-state index in [1.54, 1.807) is 0 Å². The lowest BCUT2D eigenvalue weighted by atomic mass is 10.0. The maximum absolute atomic E-state index is 13.5. The first-order valence-corrected chi connectivity index (χ1v) is 7.47. The monoisotopic (exact) mass is 369 g/mol. The van der Waals surface area contributed by atoms with Crippen molar-refractivity contribution in [3.8, 4) is 0 Å². The van der Waals surface area contributed by atoms with Crippen molar-refractivity contribution in [2.45, 2.75) is 18.3 Å². The fourth-order valence-electron chi connectivity index (χ4n) is 2.39. The summed E-state index contributed by atoms with van der Waals surface area (Å²) in [4.78, 5) is 16.1. The van der Waals surface area contributed by atoms with Crippen LogP contribution >= 0.6 is 11.6 Å². The zero-order valence-corrected chi connectivity index (χ0v) is 13.3. The van der Waals surface area contributed by atoms with Gasteiger partial charge in [0.25, 0.3) is 11.6 Å². The molecule has 130 valence electrons. The van der Waals surface area contributed by atoms with Crippen molar-refractivity contribution in [3.05, 3.63) is 64.9 Å². The van der Waals surface area contributed by atoms with E-state index in [2.05, 4.69) is 10.1 Å². The molecule has 25 heavy (non-hydrogen) atoms. The van der Waals surface area contributed by atoms with Gasteiger partial charge in [0.15, 0.2) is 0 Å². The number of hydrogen-bond donors (Lipinski definition) is 1. The molecule has 1 aliphatic rings. The topological polar surface area (TPSA) is 65.8 Å². The van der Waals surface area contributed by atoms with Gasteiger partial charge in [-0.05, 0) is 29.8 Å². The Balaban J connectivity index is 2.04. The van der Waals surface area contributed by atoms with Crippen molar-refractivity contribution in [3.63, 3.8) is 0 Å². The average Bonchev–Trinajstić information content (AvgIpc) is 2.94. The first-order valence-electron chi connectivity index (χ1n) is 7.09. The smallest absolute Gasteiger partial charge is 0.362 e. The van der Waals surface area contributed by atoms with Crippen LogP contribution in [0.25, 0.3) is 0 Å². The lowest BCUT2D eigenvalue weighted by Gasteiger charge is -2.32. The minimum atomic E-state index is -5.09. The van der Waals surface area contributed by atoms with E-state index in [0.717, 1.165) is 6.20 Å². The Morgan fingerprint density at radius 3 is 2.48 bits per heavy atom. The number of nitrogens with zero attached hydrogens (tertiary/aromatic N) is 3. The number of pyridine rings is 1. The van der Waals surface area contributed by atoms with Gasteiger partial charge >= 0.3 is 6.18 Å². The third-order valence-corrected chi connectivity index (χ3v) is 3.97. The second kappa shape index (κ2) is 6.12. The lowest BCUT2D eigenvalue weighted by Crippen LogP contribution is -2.56. The number of aromatic nitrogens is 1. The number of hydrogen-bond acceptors (Lipinski definition) is 4. The van der Waals surface area contributed by atoms with Crippen molar-refractivity contribution >= 4 is 23.2 Å². The standard InChI is InChI=1S/C16H11ClF3N3O2/c17-12-5-3-10(4-6-12)13-8-15(25,16(18,19)20)23(22-13)14(24)11-2-1-7-21-9-11/h1-7,9,25H,8H2/t15-/m0/s1. The van der Waals surface area contributed by atoms with E-state index < -0.39 is 24.2 Å². The minimum Gasteiger partial charge on any atom is -0.362 e. The maximum Gasteiger partial charge on any atom is 0.438 e. The van der Waals surface area contributed by atoms with Gasteiger partial charge in [-0.3, -0.25) is 9.78 Å². The van der Waals surface area contributed by atoms with Gasteiger partial charge in [-0.1, -0.05) is 23.7 Å². The molecule has 0 saturated heterocycles. The van der Waals surface area contributed by atoms with Gasteiger partial charge in [0.05, 0.1) is 17.7 Å². The third-order valence-electron chi connectivity index (χ3n) is 3.72. The summed E-state index contributed by atoms with van der Waals surface area (Å²) in [6, 6.07) is 8.60. The van der Waals surface area contributed by atoms with Crippen molar-refractivity contribution in [1.29, 1.82) is 0 Å². The number of hydrazone groups is 1. The summed E-state index contributed by atoms with van der Waals surface area (Å²) in [5.74, 6) is -1.10. The molecule has 1 aliphatic heterocycles. The average molecular weight is 370 g/mol. The van der Waals surface area contributed by atoms with Crippen molar-refractivity contribution < 1.29 is 23.1 Å². The molecule has 0 radical (unpaired) electrons. The van der Waals surface area contributed by atoms with E-state index in [-0.39, 0.29) is 16.3 Å². The van der Waals surface area contributed by atoms with Gasteiger partial charge in [-0.2, -0.15) is 23.3 Å². The van der Waals surface area contributed by atoms with Gasteiger partial charge in [0.2, 0.25) is 0 Å². The molecular weight excluding hydrogens is 359 g/mol. The molecule has 1 N–H and O–H groups in total. The predicted octanol–water partition coefficient (Wildman–Crippen LogP) is 3.24. The summed E-state index contributed by atoms with van der Waals surface area (Å²) in [7, 11) is 0. The van der Waals surface area contributed by atoms with Crippen molar-refractivity contribution in [2.75, 3.05) is 0 Å².